The molecule has 0 aromatic heterocycles. The zero-order chi connectivity index (χ0) is 12.1. The van der Waals surface area contributed by atoms with E-state index in [1.165, 1.54) is 51.6 Å². The third-order valence-electron chi connectivity index (χ3n) is 6.49. The predicted molar refractivity (Wildman–Crippen MR) is 71.6 cm³/mol. The molecule has 3 fully saturated rings. The summed E-state index contributed by atoms with van der Waals surface area (Å²) >= 11 is 0. The molecule has 98 valence electrons. The lowest BCUT2D eigenvalue weighted by Crippen LogP contribution is -2.53. The SMILES string of the molecule is CC1(C)C2CCC1(C)C(NN1CCCCC1)C2. The topological polar surface area (TPSA) is 15.3 Å². The molecular formula is C15H28N2. The van der Waals surface area contributed by atoms with Gasteiger partial charge < -0.3 is 0 Å². The maximum absolute atomic E-state index is 3.88. The zero-order valence-corrected chi connectivity index (χ0v) is 11.8. The standard InChI is InChI=1S/C15H28N2/c1-14(2)12-7-8-15(14,3)13(11-12)16-17-9-5-4-6-10-17/h12-13,16H,4-11H2,1-3H3. The quantitative estimate of drug-likeness (QED) is 0.792. The lowest BCUT2D eigenvalue weighted by atomic mass is 9.69. The van der Waals surface area contributed by atoms with Gasteiger partial charge in [-0.2, -0.15) is 0 Å². The van der Waals surface area contributed by atoms with E-state index in [0.29, 0.717) is 10.8 Å². The van der Waals surface area contributed by atoms with Gasteiger partial charge in [0.05, 0.1) is 0 Å². The lowest BCUT2D eigenvalue weighted by Gasteiger charge is -2.42. The first-order chi connectivity index (χ1) is 8.04. The average Bonchev–Trinajstić information content (AvgIpc) is 2.63. The molecule has 0 amide bonds. The molecular weight excluding hydrogens is 208 g/mol. The van der Waals surface area contributed by atoms with Crippen molar-refractivity contribution in [3.05, 3.63) is 0 Å². The summed E-state index contributed by atoms with van der Waals surface area (Å²) in [5, 5.41) is 2.51. The first kappa shape index (κ1) is 12.0. The van der Waals surface area contributed by atoms with Crippen molar-refractivity contribution in [2.45, 2.75) is 65.3 Å². The van der Waals surface area contributed by atoms with Crippen molar-refractivity contribution in [1.82, 2.24) is 10.4 Å². The van der Waals surface area contributed by atoms with Crippen LogP contribution in [0.5, 0.6) is 0 Å². The highest BCUT2D eigenvalue weighted by molar-refractivity contribution is 5.12. The molecule has 0 aromatic carbocycles. The van der Waals surface area contributed by atoms with Gasteiger partial charge in [0, 0.05) is 19.1 Å². The molecule has 2 saturated carbocycles. The van der Waals surface area contributed by atoms with E-state index in [4.69, 9.17) is 0 Å². The third kappa shape index (κ3) is 1.67. The van der Waals surface area contributed by atoms with Gasteiger partial charge in [0.15, 0.2) is 0 Å². The summed E-state index contributed by atoms with van der Waals surface area (Å²) in [6.45, 7) is 10.1. The Morgan fingerprint density at radius 2 is 1.76 bits per heavy atom. The molecule has 0 spiro atoms. The fourth-order valence-electron chi connectivity index (χ4n) is 4.64. The van der Waals surface area contributed by atoms with Crippen LogP contribution in [0.1, 0.15) is 59.3 Å². The molecule has 2 nitrogen and oxygen atoms in total. The Hall–Kier alpha value is -0.0800. The van der Waals surface area contributed by atoms with Gasteiger partial charge in [0.25, 0.3) is 0 Å². The minimum absolute atomic E-state index is 0.523. The minimum Gasteiger partial charge on any atom is -0.252 e. The smallest absolute Gasteiger partial charge is 0.0277 e. The lowest BCUT2D eigenvalue weighted by molar-refractivity contribution is 0.0504. The van der Waals surface area contributed by atoms with E-state index in [1.807, 2.05) is 0 Å². The Bertz CT molecular complexity index is 293. The summed E-state index contributed by atoms with van der Waals surface area (Å²) in [7, 11) is 0. The second-order valence-corrected chi connectivity index (χ2v) is 7.34. The van der Waals surface area contributed by atoms with Crippen LogP contribution in [0.4, 0.5) is 0 Å². The number of fused-ring (bicyclic) bond motifs is 2. The molecule has 1 heterocycles. The number of hydrogen-bond donors (Lipinski definition) is 1. The second kappa shape index (κ2) is 3.96. The number of rotatable bonds is 2. The van der Waals surface area contributed by atoms with Gasteiger partial charge in [0.2, 0.25) is 0 Å². The Labute approximate surface area is 106 Å². The molecule has 2 heteroatoms. The third-order valence-corrected chi connectivity index (χ3v) is 6.49. The molecule has 2 aliphatic carbocycles. The zero-order valence-electron chi connectivity index (χ0n) is 11.8. The molecule has 0 aromatic rings. The molecule has 3 rings (SSSR count). The van der Waals surface area contributed by atoms with E-state index in [1.54, 1.807) is 0 Å². The van der Waals surface area contributed by atoms with Crippen LogP contribution >= 0.6 is 0 Å². The van der Waals surface area contributed by atoms with E-state index in [9.17, 15) is 0 Å². The van der Waals surface area contributed by atoms with Crippen molar-refractivity contribution >= 4 is 0 Å². The van der Waals surface area contributed by atoms with Gasteiger partial charge in [-0.1, -0.05) is 27.2 Å². The Balaban J connectivity index is 1.69. The molecule has 1 aliphatic heterocycles. The molecule has 17 heavy (non-hydrogen) atoms. The molecule has 3 unspecified atom stereocenters. The van der Waals surface area contributed by atoms with Crippen LogP contribution in [0, 0.1) is 16.7 Å². The number of nitrogens with one attached hydrogen (secondary N) is 1. The molecule has 2 bridgehead atoms. The number of hydrazine groups is 1. The van der Waals surface area contributed by atoms with Crippen molar-refractivity contribution < 1.29 is 0 Å². The van der Waals surface area contributed by atoms with E-state index >= 15 is 0 Å². The van der Waals surface area contributed by atoms with Crippen molar-refractivity contribution in [2.75, 3.05) is 13.1 Å². The van der Waals surface area contributed by atoms with Gasteiger partial charge in [0.1, 0.15) is 0 Å². The minimum atomic E-state index is 0.523. The summed E-state index contributed by atoms with van der Waals surface area (Å²) in [6.07, 6.45) is 8.47. The average molecular weight is 236 g/mol. The van der Waals surface area contributed by atoms with E-state index in [2.05, 4.69) is 31.2 Å². The summed E-state index contributed by atoms with van der Waals surface area (Å²) < 4.78 is 0. The molecule has 0 radical (unpaired) electrons. The van der Waals surface area contributed by atoms with Gasteiger partial charge in [-0.15, -0.1) is 0 Å². The fraction of sp³-hybridized carbons (Fsp3) is 1.00. The molecule has 3 aliphatic rings. The Morgan fingerprint density at radius 3 is 2.29 bits per heavy atom. The van der Waals surface area contributed by atoms with E-state index in [-0.39, 0.29) is 0 Å². The summed E-state index contributed by atoms with van der Waals surface area (Å²) in [5.41, 5.74) is 4.94. The van der Waals surface area contributed by atoms with Crippen LogP contribution in [0.15, 0.2) is 0 Å². The largest absolute Gasteiger partial charge is 0.252 e. The van der Waals surface area contributed by atoms with Crippen LogP contribution < -0.4 is 5.43 Å². The molecule has 1 N–H and O–H groups in total. The Kier molecular flexibility index (Phi) is 2.79. The monoisotopic (exact) mass is 236 g/mol. The normalized spacial score (nSPS) is 45.4. The van der Waals surface area contributed by atoms with E-state index < -0.39 is 0 Å². The first-order valence-corrected chi connectivity index (χ1v) is 7.55. The van der Waals surface area contributed by atoms with Crippen molar-refractivity contribution in [3.63, 3.8) is 0 Å². The van der Waals surface area contributed by atoms with Crippen LogP contribution in [0.2, 0.25) is 0 Å². The predicted octanol–water partition coefficient (Wildman–Crippen LogP) is 3.19. The number of hydrogen-bond acceptors (Lipinski definition) is 2. The first-order valence-electron chi connectivity index (χ1n) is 7.55. The van der Waals surface area contributed by atoms with Crippen molar-refractivity contribution in [3.8, 4) is 0 Å². The summed E-state index contributed by atoms with van der Waals surface area (Å²) in [4.78, 5) is 0. The molecule has 3 atom stereocenters. The second-order valence-electron chi connectivity index (χ2n) is 7.34. The van der Waals surface area contributed by atoms with Crippen LogP contribution in [0.25, 0.3) is 0 Å². The van der Waals surface area contributed by atoms with E-state index in [0.717, 1.165) is 12.0 Å². The fourth-order valence-corrected chi connectivity index (χ4v) is 4.64. The van der Waals surface area contributed by atoms with Gasteiger partial charge >= 0.3 is 0 Å². The Morgan fingerprint density at radius 1 is 1.06 bits per heavy atom. The summed E-state index contributed by atoms with van der Waals surface area (Å²) in [6, 6.07) is 0.731. The number of nitrogens with zero attached hydrogens (tertiary/aromatic N) is 1. The number of piperidine rings is 1. The highest BCUT2D eigenvalue weighted by atomic mass is 15.5. The van der Waals surface area contributed by atoms with Crippen LogP contribution in [0.3, 0.4) is 0 Å². The maximum Gasteiger partial charge on any atom is 0.0277 e. The molecule has 1 saturated heterocycles. The van der Waals surface area contributed by atoms with Crippen LogP contribution in [-0.4, -0.2) is 24.1 Å². The van der Waals surface area contributed by atoms with Gasteiger partial charge in [-0.3, -0.25) is 5.43 Å². The van der Waals surface area contributed by atoms with Crippen molar-refractivity contribution in [1.29, 1.82) is 0 Å². The van der Waals surface area contributed by atoms with Gasteiger partial charge in [-0.25, -0.2) is 5.01 Å². The summed E-state index contributed by atoms with van der Waals surface area (Å²) in [5.74, 6) is 0.954. The highest BCUT2D eigenvalue weighted by Gasteiger charge is 2.61. The van der Waals surface area contributed by atoms with Crippen LogP contribution in [-0.2, 0) is 0 Å². The van der Waals surface area contributed by atoms with Crippen molar-refractivity contribution in [2.24, 2.45) is 16.7 Å². The maximum atomic E-state index is 3.88. The highest BCUT2D eigenvalue weighted by Crippen LogP contribution is 2.65. The van der Waals surface area contributed by atoms with Gasteiger partial charge in [-0.05, 0) is 48.9 Å².